The lowest BCUT2D eigenvalue weighted by molar-refractivity contribution is -0.192. The number of hydrogen-bond donors (Lipinski definition) is 2. The van der Waals surface area contributed by atoms with Gasteiger partial charge in [0.2, 0.25) is 0 Å². The van der Waals surface area contributed by atoms with E-state index in [4.69, 9.17) is 14.6 Å². The summed E-state index contributed by atoms with van der Waals surface area (Å²) in [7, 11) is 1.64. The third-order valence-electron chi connectivity index (χ3n) is 4.29. The number of carboxylic acid groups (broad SMARTS) is 1. The van der Waals surface area contributed by atoms with Gasteiger partial charge in [0.05, 0.1) is 12.6 Å². The molecule has 3 rings (SSSR count). The maximum atomic E-state index is 12.3. The SMILES string of the molecule is CCCCNC(=O)c1ccc2cncc(-c3ccc(OC)cc3)c2n1.O=C(O)C(F)(F)F. The van der Waals surface area contributed by atoms with Crippen LogP contribution in [-0.2, 0) is 4.79 Å². The predicted molar refractivity (Wildman–Crippen MR) is 112 cm³/mol. The number of amides is 1. The van der Waals surface area contributed by atoms with E-state index < -0.39 is 12.1 Å². The number of halogens is 3. The zero-order valence-electron chi connectivity index (χ0n) is 17.4. The van der Waals surface area contributed by atoms with Gasteiger partial charge in [-0.25, -0.2) is 9.78 Å². The molecule has 0 unspecified atom stereocenters. The molecule has 0 bridgehead atoms. The molecule has 0 aliphatic carbocycles. The van der Waals surface area contributed by atoms with Gasteiger partial charge in [-0.1, -0.05) is 25.5 Å². The number of ether oxygens (including phenoxy) is 1. The van der Waals surface area contributed by atoms with Crippen LogP contribution in [0, 0.1) is 0 Å². The van der Waals surface area contributed by atoms with Gasteiger partial charge in [0.25, 0.3) is 5.91 Å². The number of carboxylic acids is 1. The van der Waals surface area contributed by atoms with Crippen molar-refractivity contribution < 1.29 is 32.6 Å². The first kappa shape index (κ1) is 24.6. The standard InChI is InChI=1S/C20H21N3O2.C2HF3O2/c1-3-4-11-22-20(24)18-10-7-15-12-21-13-17(19(15)23-18)14-5-8-16(25-2)9-6-14;3-2(4,5)1(6)7/h5-10,12-13H,3-4,11H2,1-2H3,(H,22,24);(H,6,7). The van der Waals surface area contributed by atoms with Crippen molar-refractivity contribution in [2.45, 2.75) is 25.9 Å². The Labute approximate surface area is 182 Å². The van der Waals surface area contributed by atoms with E-state index in [1.54, 1.807) is 25.6 Å². The molecule has 0 saturated heterocycles. The molecule has 3 aromatic rings. The Balaban J connectivity index is 0.000000451. The highest BCUT2D eigenvalue weighted by Crippen LogP contribution is 2.28. The van der Waals surface area contributed by atoms with E-state index in [1.807, 2.05) is 30.3 Å². The van der Waals surface area contributed by atoms with Gasteiger partial charge in [-0.05, 0) is 36.2 Å². The highest BCUT2D eigenvalue weighted by molar-refractivity contribution is 5.98. The summed E-state index contributed by atoms with van der Waals surface area (Å²) < 4.78 is 36.9. The fraction of sp³-hybridized carbons (Fsp3) is 0.273. The number of aromatic nitrogens is 2. The summed E-state index contributed by atoms with van der Waals surface area (Å²) in [6.07, 6.45) is 0.448. The van der Waals surface area contributed by atoms with Crippen molar-refractivity contribution in [1.82, 2.24) is 15.3 Å². The normalized spacial score (nSPS) is 10.8. The second kappa shape index (κ2) is 11.1. The van der Waals surface area contributed by atoms with Gasteiger partial charge in [-0.2, -0.15) is 13.2 Å². The Hall–Kier alpha value is -3.69. The fourth-order valence-electron chi connectivity index (χ4n) is 2.62. The van der Waals surface area contributed by atoms with Crippen molar-refractivity contribution in [3.05, 3.63) is 54.5 Å². The molecular formula is C22H22F3N3O4. The van der Waals surface area contributed by atoms with Crippen molar-refractivity contribution in [3.63, 3.8) is 0 Å². The number of nitrogens with one attached hydrogen (secondary N) is 1. The van der Waals surface area contributed by atoms with Gasteiger partial charge in [-0.3, -0.25) is 9.78 Å². The van der Waals surface area contributed by atoms with Crippen molar-refractivity contribution in [2.24, 2.45) is 0 Å². The highest BCUT2D eigenvalue weighted by atomic mass is 19.4. The van der Waals surface area contributed by atoms with E-state index in [9.17, 15) is 18.0 Å². The average Bonchev–Trinajstić information content (AvgIpc) is 2.78. The third kappa shape index (κ3) is 6.66. The lowest BCUT2D eigenvalue weighted by atomic mass is 10.0. The zero-order chi connectivity index (χ0) is 23.7. The number of hydrogen-bond acceptors (Lipinski definition) is 5. The van der Waals surface area contributed by atoms with Gasteiger partial charge in [0.15, 0.2) is 0 Å². The maximum absolute atomic E-state index is 12.3. The maximum Gasteiger partial charge on any atom is 0.490 e. The summed E-state index contributed by atoms with van der Waals surface area (Å²) in [5, 5.41) is 10.9. The van der Waals surface area contributed by atoms with E-state index in [0.717, 1.165) is 40.6 Å². The second-order valence-corrected chi connectivity index (χ2v) is 6.60. The minimum atomic E-state index is -5.08. The Bertz CT molecular complexity index is 1070. The summed E-state index contributed by atoms with van der Waals surface area (Å²) in [6, 6.07) is 11.3. The van der Waals surface area contributed by atoms with Gasteiger partial charge in [0.1, 0.15) is 11.4 Å². The Morgan fingerprint density at radius 2 is 1.75 bits per heavy atom. The zero-order valence-corrected chi connectivity index (χ0v) is 17.4. The van der Waals surface area contributed by atoms with Crippen LogP contribution in [-0.4, -0.2) is 46.8 Å². The number of rotatable bonds is 6. The van der Waals surface area contributed by atoms with Crippen molar-refractivity contribution in [2.75, 3.05) is 13.7 Å². The van der Waals surface area contributed by atoms with Crippen LogP contribution in [0.5, 0.6) is 5.75 Å². The number of pyridine rings is 2. The third-order valence-corrected chi connectivity index (χ3v) is 4.29. The monoisotopic (exact) mass is 449 g/mol. The Morgan fingerprint density at radius 1 is 1.09 bits per heavy atom. The number of carbonyl (C=O) groups is 2. The van der Waals surface area contributed by atoms with E-state index in [0.29, 0.717) is 12.2 Å². The Kier molecular flexibility index (Phi) is 8.51. The van der Waals surface area contributed by atoms with Crippen molar-refractivity contribution in [3.8, 4) is 16.9 Å². The number of alkyl halides is 3. The van der Waals surface area contributed by atoms with E-state index >= 15 is 0 Å². The minimum Gasteiger partial charge on any atom is -0.497 e. The summed E-state index contributed by atoms with van der Waals surface area (Å²) >= 11 is 0. The lowest BCUT2D eigenvalue weighted by Crippen LogP contribution is -2.25. The molecule has 0 radical (unpaired) electrons. The Morgan fingerprint density at radius 3 is 2.31 bits per heavy atom. The molecule has 1 amide bonds. The van der Waals surface area contributed by atoms with Crippen LogP contribution in [0.3, 0.4) is 0 Å². The molecule has 2 aromatic heterocycles. The first-order valence-corrected chi connectivity index (χ1v) is 9.64. The molecule has 2 N–H and O–H groups in total. The molecule has 0 aliphatic heterocycles. The van der Waals surface area contributed by atoms with Crippen LogP contribution in [0.4, 0.5) is 13.2 Å². The molecule has 1 aromatic carbocycles. The predicted octanol–water partition coefficient (Wildman–Crippen LogP) is 4.47. The quantitative estimate of drug-likeness (QED) is 0.539. The van der Waals surface area contributed by atoms with Crippen LogP contribution < -0.4 is 10.1 Å². The van der Waals surface area contributed by atoms with Crippen LogP contribution in [0.25, 0.3) is 22.0 Å². The number of nitrogens with zero attached hydrogens (tertiary/aromatic N) is 2. The van der Waals surface area contributed by atoms with E-state index in [2.05, 4.69) is 22.2 Å². The molecule has 7 nitrogen and oxygen atoms in total. The smallest absolute Gasteiger partial charge is 0.490 e. The van der Waals surface area contributed by atoms with E-state index in [1.165, 1.54) is 0 Å². The number of methoxy groups -OCH3 is 1. The molecule has 0 fully saturated rings. The summed E-state index contributed by atoms with van der Waals surface area (Å²) in [6.45, 7) is 2.76. The largest absolute Gasteiger partial charge is 0.497 e. The lowest BCUT2D eigenvalue weighted by Gasteiger charge is -2.09. The number of unbranched alkanes of at least 4 members (excludes halogenated alkanes) is 1. The summed E-state index contributed by atoms with van der Waals surface area (Å²) in [5.41, 5.74) is 3.06. The molecule has 0 spiro atoms. The van der Waals surface area contributed by atoms with Crippen LogP contribution >= 0.6 is 0 Å². The van der Waals surface area contributed by atoms with Gasteiger partial charge < -0.3 is 15.2 Å². The first-order chi connectivity index (χ1) is 15.2. The number of fused-ring (bicyclic) bond motifs is 1. The molecule has 0 atom stereocenters. The topological polar surface area (TPSA) is 101 Å². The molecular weight excluding hydrogens is 427 g/mol. The number of benzene rings is 1. The van der Waals surface area contributed by atoms with E-state index in [-0.39, 0.29) is 5.91 Å². The average molecular weight is 449 g/mol. The van der Waals surface area contributed by atoms with Crippen LogP contribution in [0.15, 0.2) is 48.8 Å². The minimum absolute atomic E-state index is 0.146. The molecule has 0 saturated carbocycles. The molecule has 0 aliphatic rings. The van der Waals surface area contributed by atoms with Gasteiger partial charge >= 0.3 is 12.1 Å². The molecule has 32 heavy (non-hydrogen) atoms. The van der Waals surface area contributed by atoms with Crippen molar-refractivity contribution in [1.29, 1.82) is 0 Å². The van der Waals surface area contributed by atoms with Crippen LogP contribution in [0.2, 0.25) is 0 Å². The van der Waals surface area contributed by atoms with Gasteiger partial charge in [-0.15, -0.1) is 0 Å². The number of carbonyl (C=O) groups excluding carboxylic acids is 1. The molecule has 10 heteroatoms. The fourth-order valence-corrected chi connectivity index (χ4v) is 2.62. The highest BCUT2D eigenvalue weighted by Gasteiger charge is 2.38. The summed E-state index contributed by atoms with van der Waals surface area (Å²) in [4.78, 5) is 30.1. The second-order valence-electron chi connectivity index (χ2n) is 6.60. The number of aliphatic carboxylic acids is 1. The molecule has 170 valence electrons. The van der Waals surface area contributed by atoms with Gasteiger partial charge in [0, 0.05) is 29.9 Å². The van der Waals surface area contributed by atoms with Crippen molar-refractivity contribution >= 4 is 22.8 Å². The molecule has 2 heterocycles. The first-order valence-electron chi connectivity index (χ1n) is 9.64. The van der Waals surface area contributed by atoms with Crippen LogP contribution in [0.1, 0.15) is 30.3 Å². The summed E-state index contributed by atoms with van der Waals surface area (Å²) in [5.74, 6) is -2.11.